The van der Waals surface area contributed by atoms with E-state index in [4.69, 9.17) is 15.0 Å². The Morgan fingerprint density at radius 1 is 0.667 bits per heavy atom. The zero-order valence-corrected chi connectivity index (χ0v) is 19.5. The summed E-state index contributed by atoms with van der Waals surface area (Å²) in [7, 11) is 1.98. The quantitative estimate of drug-likeness (QED) is 0.386. The molecule has 0 atom stereocenters. The molecule has 0 saturated heterocycles. The van der Waals surface area contributed by atoms with Crippen molar-refractivity contribution in [1.82, 2.24) is 28.5 Å². The van der Waals surface area contributed by atoms with E-state index in [-0.39, 0.29) is 11.5 Å². The normalized spacial score (nSPS) is 11.7. The SMILES string of the molecule is C=c1c2cccc3c(=O)n(-c4nc(-c5ccccc5)nc(-c5ccccc5)n4)c4ccc(n1C)n4c23. The van der Waals surface area contributed by atoms with Crippen molar-refractivity contribution in [1.29, 1.82) is 0 Å². The molecule has 7 nitrogen and oxygen atoms in total. The Kier molecular flexibility index (Phi) is 4.23. The van der Waals surface area contributed by atoms with E-state index < -0.39 is 0 Å². The van der Waals surface area contributed by atoms with Crippen LogP contribution in [0, 0.1) is 0 Å². The maximum absolute atomic E-state index is 14.0. The van der Waals surface area contributed by atoms with Crippen LogP contribution < -0.4 is 10.9 Å². The third-order valence-corrected chi connectivity index (χ3v) is 6.71. The number of aromatic nitrogens is 6. The lowest BCUT2D eigenvalue weighted by atomic mass is 10.1. The van der Waals surface area contributed by atoms with E-state index in [0.29, 0.717) is 22.7 Å². The van der Waals surface area contributed by atoms with Gasteiger partial charge in [-0.3, -0.25) is 9.20 Å². The Morgan fingerprint density at radius 3 is 1.89 bits per heavy atom. The van der Waals surface area contributed by atoms with E-state index in [1.54, 1.807) is 4.57 Å². The molecule has 3 aromatic carbocycles. The average molecular weight is 469 g/mol. The summed E-state index contributed by atoms with van der Waals surface area (Å²) in [6, 6.07) is 29.1. The van der Waals surface area contributed by atoms with E-state index in [9.17, 15) is 4.79 Å². The predicted molar refractivity (Wildman–Crippen MR) is 142 cm³/mol. The van der Waals surface area contributed by atoms with E-state index >= 15 is 0 Å². The molecule has 0 spiro atoms. The van der Waals surface area contributed by atoms with Crippen LogP contribution >= 0.6 is 0 Å². The lowest BCUT2D eigenvalue weighted by Gasteiger charge is -2.17. The summed E-state index contributed by atoms with van der Waals surface area (Å²) in [4.78, 5) is 28.4. The van der Waals surface area contributed by atoms with Gasteiger partial charge in [0, 0.05) is 28.9 Å². The summed E-state index contributed by atoms with van der Waals surface area (Å²) >= 11 is 0. The highest BCUT2D eigenvalue weighted by atomic mass is 16.1. The number of benzene rings is 3. The molecule has 0 N–H and O–H groups in total. The largest absolute Gasteiger partial charge is 0.330 e. The molecule has 0 aliphatic heterocycles. The Balaban J connectivity index is 1.63. The Morgan fingerprint density at radius 2 is 1.25 bits per heavy atom. The van der Waals surface area contributed by atoms with Gasteiger partial charge in [0.05, 0.1) is 10.9 Å². The number of nitrogens with zero attached hydrogens (tertiary/aromatic N) is 6. The maximum atomic E-state index is 14.0. The first kappa shape index (κ1) is 20.3. The van der Waals surface area contributed by atoms with Crippen LogP contribution in [0.15, 0.2) is 95.8 Å². The fourth-order valence-corrected chi connectivity index (χ4v) is 4.90. The summed E-state index contributed by atoms with van der Waals surface area (Å²) in [6.07, 6.45) is 0. The van der Waals surface area contributed by atoms with Gasteiger partial charge < -0.3 is 4.57 Å². The van der Waals surface area contributed by atoms with Gasteiger partial charge in [0.25, 0.3) is 5.56 Å². The minimum Gasteiger partial charge on any atom is -0.330 e. The van der Waals surface area contributed by atoms with Crippen LogP contribution in [0.4, 0.5) is 0 Å². The summed E-state index contributed by atoms with van der Waals surface area (Å²) in [5.74, 6) is 1.28. The van der Waals surface area contributed by atoms with E-state index in [2.05, 4.69) is 11.0 Å². The standard InChI is InChI=1S/C29H20N6O/c1-18-21-14-9-15-22-25(21)34-23(33(18)2)16-17-24(34)35(28(22)36)29-31-26(19-10-5-3-6-11-19)30-27(32-29)20-12-7-4-8-13-20/h3-17H,1H2,2H3. The Labute approximate surface area is 205 Å². The van der Waals surface area contributed by atoms with Crippen molar-refractivity contribution in [3.05, 3.63) is 107 Å². The van der Waals surface area contributed by atoms with Crippen molar-refractivity contribution in [3.63, 3.8) is 0 Å². The third-order valence-electron chi connectivity index (χ3n) is 6.71. The molecule has 36 heavy (non-hydrogen) atoms. The van der Waals surface area contributed by atoms with Crippen LogP contribution in [0.5, 0.6) is 0 Å². The molecule has 4 aromatic heterocycles. The lowest BCUT2D eigenvalue weighted by molar-refractivity contribution is 0.862. The summed E-state index contributed by atoms with van der Waals surface area (Å²) in [6.45, 7) is 4.26. The second-order valence-electron chi connectivity index (χ2n) is 8.75. The molecule has 0 bridgehead atoms. The molecule has 7 rings (SSSR count). The number of hydrogen-bond donors (Lipinski definition) is 0. The number of rotatable bonds is 3. The highest BCUT2D eigenvalue weighted by molar-refractivity contribution is 5.98. The minimum absolute atomic E-state index is 0.189. The monoisotopic (exact) mass is 468 g/mol. The first-order valence-corrected chi connectivity index (χ1v) is 11.6. The summed E-state index contributed by atoms with van der Waals surface area (Å²) < 4.78 is 5.69. The van der Waals surface area contributed by atoms with Gasteiger partial charge in [0.15, 0.2) is 11.6 Å². The number of para-hydroxylation sites is 1. The summed E-state index contributed by atoms with van der Waals surface area (Å²) in [5.41, 5.74) is 3.95. The van der Waals surface area contributed by atoms with Gasteiger partial charge in [-0.25, -0.2) is 9.55 Å². The van der Waals surface area contributed by atoms with Crippen LogP contribution in [-0.4, -0.2) is 28.5 Å². The highest BCUT2D eigenvalue weighted by Gasteiger charge is 2.21. The van der Waals surface area contributed by atoms with Gasteiger partial charge >= 0.3 is 0 Å². The molecule has 0 saturated carbocycles. The van der Waals surface area contributed by atoms with Crippen LogP contribution in [0.2, 0.25) is 0 Å². The number of hydrogen-bond acceptors (Lipinski definition) is 4. The zero-order valence-electron chi connectivity index (χ0n) is 19.5. The molecule has 0 aliphatic rings. The minimum atomic E-state index is -0.189. The van der Waals surface area contributed by atoms with Gasteiger partial charge in [-0.2, -0.15) is 9.97 Å². The van der Waals surface area contributed by atoms with Gasteiger partial charge in [-0.05, 0) is 18.2 Å². The van der Waals surface area contributed by atoms with Crippen molar-refractivity contribution in [3.8, 4) is 28.7 Å². The van der Waals surface area contributed by atoms with Gasteiger partial charge in [-0.15, -0.1) is 0 Å². The van der Waals surface area contributed by atoms with Gasteiger partial charge in [0.2, 0.25) is 5.95 Å². The summed E-state index contributed by atoms with van der Waals surface area (Å²) in [5, 5.41) is 2.36. The van der Waals surface area contributed by atoms with Crippen LogP contribution in [0.1, 0.15) is 0 Å². The topological polar surface area (TPSA) is 70.0 Å². The first-order chi connectivity index (χ1) is 17.6. The molecule has 4 heterocycles. The van der Waals surface area contributed by atoms with Crippen LogP contribution in [0.25, 0.3) is 62.9 Å². The third kappa shape index (κ3) is 2.80. The lowest BCUT2D eigenvalue weighted by Crippen LogP contribution is -2.27. The molecular weight excluding hydrogens is 448 g/mol. The van der Waals surface area contributed by atoms with Crippen LogP contribution in [-0.2, 0) is 7.05 Å². The van der Waals surface area contributed by atoms with Crippen molar-refractivity contribution in [2.45, 2.75) is 0 Å². The van der Waals surface area contributed by atoms with Crippen molar-refractivity contribution in [2.24, 2.45) is 7.05 Å². The zero-order chi connectivity index (χ0) is 24.4. The fourth-order valence-electron chi connectivity index (χ4n) is 4.90. The molecule has 0 fully saturated rings. The first-order valence-electron chi connectivity index (χ1n) is 11.6. The molecule has 0 unspecified atom stereocenters. The second-order valence-corrected chi connectivity index (χ2v) is 8.75. The fraction of sp³-hybridized carbons (Fsp3) is 0.0345. The van der Waals surface area contributed by atoms with E-state index in [0.717, 1.165) is 33.0 Å². The molecule has 7 aromatic rings. The van der Waals surface area contributed by atoms with Crippen molar-refractivity contribution < 1.29 is 0 Å². The second kappa shape index (κ2) is 7.48. The Hall–Kier alpha value is -5.04. The maximum Gasteiger partial charge on any atom is 0.268 e. The van der Waals surface area contributed by atoms with Gasteiger partial charge in [0.1, 0.15) is 11.3 Å². The van der Waals surface area contributed by atoms with Crippen molar-refractivity contribution >= 4 is 34.2 Å². The predicted octanol–water partition coefficient (Wildman–Crippen LogP) is 4.38. The average Bonchev–Trinajstić information content (AvgIpc) is 3.37. The van der Waals surface area contributed by atoms with Crippen LogP contribution in [0.3, 0.4) is 0 Å². The highest BCUT2D eigenvalue weighted by Crippen LogP contribution is 2.26. The van der Waals surface area contributed by atoms with Crippen molar-refractivity contribution in [2.75, 3.05) is 0 Å². The van der Waals surface area contributed by atoms with Gasteiger partial charge in [-0.1, -0.05) is 79.4 Å². The Bertz CT molecular complexity index is 1980. The smallest absolute Gasteiger partial charge is 0.268 e. The van der Waals surface area contributed by atoms with E-state index in [1.807, 2.05) is 103 Å². The number of aryl methyl sites for hydroxylation is 1. The molecule has 7 heteroatoms. The van der Waals surface area contributed by atoms with E-state index in [1.165, 1.54) is 0 Å². The molecule has 0 amide bonds. The molecule has 0 radical (unpaired) electrons. The molecular formula is C29H20N6O. The molecule has 172 valence electrons. The molecule has 0 aliphatic carbocycles.